The maximum Gasteiger partial charge on any atom is 0.365 e. The van der Waals surface area contributed by atoms with Gasteiger partial charge in [-0.2, -0.15) is 0 Å². The minimum atomic E-state index is -0.516. The largest absolute Gasteiger partial charge is 1.00 e. The molecule has 37 heavy (non-hydrogen) atoms. The molecule has 0 aliphatic carbocycles. The van der Waals surface area contributed by atoms with Crippen LogP contribution in [0.1, 0.15) is 23.0 Å². The lowest BCUT2D eigenvalue weighted by molar-refractivity contribution is -0.545. The third-order valence-corrected chi connectivity index (χ3v) is 5.68. The van der Waals surface area contributed by atoms with Crippen LogP contribution in [0, 0.1) is 0 Å². The predicted molar refractivity (Wildman–Crippen MR) is 132 cm³/mol. The zero-order valence-corrected chi connectivity index (χ0v) is 22.8. The van der Waals surface area contributed by atoms with Gasteiger partial charge in [-0.3, -0.25) is 5.84 Å². The topological polar surface area (TPSA) is 121 Å². The van der Waals surface area contributed by atoms with Crippen LogP contribution in [0.25, 0.3) is 22.0 Å². The van der Waals surface area contributed by atoms with Crippen molar-refractivity contribution in [1.29, 1.82) is 0 Å². The number of hydrogen-bond acceptors (Lipinski definition) is 10. The molecule has 0 atom stereocenters. The van der Waals surface area contributed by atoms with E-state index in [0.29, 0.717) is 63.0 Å². The van der Waals surface area contributed by atoms with Gasteiger partial charge in [-0.05, 0) is 30.7 Å². The standard InChI is InChI=1S/C25H28N5O6.BrH/c1-6-36-25(31)24-18(12-30-14-29(26)13-27-30)28-17-11-22(35-5)21(34-4)10-16(17)23(24)15-7-8-19(32-2)20(9-15)33-3;/h7-11H,6,12,14,26H2,1-5H3;1H/q+1;/p-1. The van der Waals surface area contributed by atoms with Crippen molar-refractivity contribution in [1.82, 2.24) is 9.99 Å². The first-order chi connectivity index (χ1) is 17.4. The van der Waals surface area contributed by atoms with Crippen LogP contribution in [0.5, 0.6) is 23.0 Å². The van der Waals surface area contributed by atoms with Crippen LogP contribution in [-0.4, -0.2) is 68.4 Å². The SMILES string of the molecule is CCOC(=O)c1c(CN2C[N+](N)=C=N2)nc2cc(OC)c(OC)cc2c1-c1ccc(OC)c(OC)c1.[Br-]. The predicted octanol–water partition coefficient (Wildman–Crippen LogP) is -0.135. The number of pyridine rings is 1. The van der Waals surface area contributed by atoms with Crippen molar-refractivity contribution in [3.05, 3.63) is 41.6 Å². The highest BCUT2D eigenvalue weighted by Crippen LogP contribution is 2.42. The van der Waals surface area contributed by atoms with E-state index < -0.39 is 5.97 Å². The number of hydrazine groups is 1. The molecule has 0 unspecified atom stereocenters. The van der Waals surface area contributed by atoms with Crippen LogP contribution in [0.4, 0.5) is 0 Å². The van der Waals surface area contributed by atoms with E-state index in [-0.39, 0.29) is 30.1 Å². The molecule has 0 saturated heterocycles. The third kappa shape index (κ3) is 5.40. The maximum atomic E-state index is 13.4. The van der Waals surface area contributed by atoms with E-state index in [1.807, 2.05) is 6.07 Å². The Balaban J connectivity index is 0.00000380. The van der Waals surface area contributed by atoms with Gasteiger partial charge in [0.1, 0.15) is 11.6 Å². The lowest BCUT2D eigenvalue weighted by Crippen LogP contribution is -3.00. The van der Waals surface area contributed by atoms with E-state index in [9.17, 15) is 4.79 Å². The van der Waals surface area contributed by atoms with Crippen LogP contribution < -0.4 is 41.8 Å². The summed E-state index contributed by atoms with van der Waals surface area (Å²) < 4.78 is 28.8. The van der Waals surface area contributed by atoms with Gasteiger partial charge in [0.2, 0.25) is 6.67 Å². The lowest BCUT2D eigenvalue weighted by atomic mass is 9.93. The summed E-state index contributed by atoms with van der Waals surface area (Å²) in [4.78, 5) is 18.3. The summed E-state index contributed by atoms with van der Waals surface area (Å²) in [6.45, 7) is 2.43. The highest BCUT2D eigenvalue weighted by atomic mass is 79.9. The molecule has 0 bridgehead atoms. The molecular formula is C25H28BrN5O6. The van der Waals surface area contributed by atoms with Gasteiger partial charge in [0.05, 0.1) is 51.8 Å². The average Bonchev–Trinajstić information content (AvgIpc) is 3.30. The van der Waals surface area contributed by atoms with Gasteiger partial charge in [-0.1, -0.05) is 10.8 Å². The van der Waals surface area contributed by atoms with Gasteiger partial charge < -0.3 is 40.7 Å². The van der Waals surface area contributed by atoms with Crippen LogP contribution in [0.3, 0.4) is 0 Å². The molecule has 1 aromatic heterocycles. The summed E-state index contributed by atoms with van der Waals surface area (Å²) in [6.07, 6.45) is 0. The first kappa shape index (κ1) is 27.6. The smallest absolute Gasteiger partial charge is 0.365 e. The summed E-state index contributed by atoms with van der Waals surface area (Å²) in [5.74, 6) is 7.33. The summed E-state index contributed by atoms with van der Waals surface area (Å²) in [7, 11) is 6.22. The number of benzene rings is 2. The number of halogens is 1. The number of ether oxygens (including phenoxy) is 5. The summed E-state index contributed by atoms with van der Waals surface area (Å²) >= 11 is 0. The second-order valence-electron chi connectivity index (χ2n) is 7.80. The number of nitrogens with two attached hydrogens (primary N) is 1. The number of carbonyl (C=O) groups is 1. The van der Waals surface area contributed by atoms with E-state index in [1.165, 1.54) is 4.68 Å². The van der Waals surface area contributed by atoms with Crippen LogP contribution >= 0.6 is 0 Å². The Morgan fingerprint density at radius 2 is 1.68 bits per heavy atom. The van der Waals surface area contributed by atoms with Crippen molar-refractivity contribution < 1.29 is 50.1 Å². The Bertz CT molecular complexity index is 1390. The molecule has 0 fully saturated rings. The minimum absolute atomic E-state index is 0. The van der Waals surface area contributed by atoms with E-state index in [0.717, 1.165) is 0 Å². The van der Waals surface area contributed by atoms with Crippen molar-refractivity contribution in [3.8, 4) is 34.1 Å². The summed E-state index contributed by atoms with van der Waals surface area (Å²) in [6, 6.07) is 11.7. The number of hydrogen-bond donors (Lipinski definition) is 1. The Hall–Kier alpha value is -4.02. The Labute approximate surface area is 224 Å². The molecule has 12 heteroatoms. The third-order valence-electron chi connectivity index (χ3n) is 5.68. The van der Waals surface area contributed by atoms with Crippen molar-refractivity contribution in [2.75, 3.05) is 41.7 Å². The molecule has 0 radical (unpaired) electrons. The molecule has 2 N–H and O–H groups in total. The number of fused-ring (bicyclic) bond motifs is 1. The Morgan fingerprint density at radius 3 is 2.27 bits per heavy atom. The molecule has 3 aromatic rings. The van der Waals surface area contributed by atoms with Gasteiger partial charge in [0, 0.05) is 17.0 Å². The van der Waals surface area contributed by atoms with Gasteiger partial charge >= 0.3 is 12.0 Å². The molecule has 2 aromatic carbocycles. The summed E-state index contributed by atoms with van der Waals surface area (Å²) in [5.41, 5.74) is 2.66. The van der Waals surface area contributed by atoms with Crippen LogP contribution in [0.15, 0.2) is 35.4 Å². The van der Waals surface area contributed by atoms with E-state index in [4.69, 9.17) is 34.5 Å². The van der Waals surface area contributed by atoms with E-state index in [1.54, 1.807) is 64.6 Å². The second kappa shape index (κ2) is 11.8. The minimum Gasteiger partial charge on any atom is -1.00 e. The zero-order chi connectivity index (χ0) is 25.8. The number of hydrazone groups is 2. The number of rotatable bonds is 9. The van der Waals surface area contributed by atoms with Crippen molar-refractivity contribution in [3.63, 3.8) is 0 Å². The number of carbonyl (C=O) groups excluding carboxylic acids is 1. The van der Waals surface area contributed by atoms with Gasteiger partial charge in [-0.25, -0.2) is 9.78 Å². The number of esters is 1. The molecule has 196 valence electrons. The molecule has 11 nitrogen and oxygen atoms in total. The molecule has 2 heterocycles. The number of aromatic nitrogens is 1. The fraction of sp³-hybridized carbons (Fsp3) is 0.320. The van der Waals surface area contributed by atoms with Gasteiger partial charge in [0.15, 0.2) is 23.0 Å². The highest BCUT2D eigenvalue weighted by molar-refractivity contribution is 6.08. The molecule has 4 rings (SSSR count). The average molecular weight is 574 g/mol. The monoisotopic (exact) mass is 573 g/mol. The number of nitrogens with zero attached hydrogens (tertiary/aromatic N) is 4. The van der Waals surface area contributed by atoms with E-state index in [2.05, 4.69) is 11.1 Å². The second-order valence-corrected chi connectivity index (χ2v) is 7.80. The number of methoxy groups -OCH3 is 4. The normalized spacial score (nSPS) is 12.1. The fourth-order valence-corrected chi connectivity index (χ4v) is 4.09. The molecule has 1 aliphatic heterocycles. The van der Waals surface area contributed by atoms with Crippen molar-refractivity contribution in [2.24, 2.45) is 10.9 Å². The maximum absolute atomic E-state index is 13.4. The van der Waals surface area contributed by atoms with Crippen LogP contribution in [0.2, 0.25) is 0 Å². The van der Waals surface area contributed by atoms with Gasteiger partial charge in [-0.15, -0.1) is 5.01 Å². The van der Waals surface area contributed by atoms with E-state index >= 15 is 0 Å². The molecular weight excluding hydrogens is 546 g/mol. The lowest BCUT2D eigenvalue weighted by Gasteiger charge is -2.19. The Kier molecular flexibility index (Phi) is 8.80. The van der Waals surface area contributed by atoms with Gasteiger partial charge in [0.25, 0.3) is 0 Å². The molecule has 1 aliphatic rings. The molecule has 0 spiro atoms. The Morgan fingerprint density at radius 1 is 1.03 bits per heavy atom. The first-order valence-electron chi connectivity index (χ1n) is 11.2. The van der Waals surface area contributed by atoms with Crippen molar-refractivity contribution in [2.45, 2.75) is 13.5 Å². The fourth-order valence-electron chi connectivity index (χ4n) is 4.09. The zero-order valence-electron chi connectivity index (χ0n) is 21.2. The first-order valence-corrected chi connectivity index (χ1v) is 11.2. The van der Waals surface area contributed by atoms with Crippen LogP contribution in [-0.2, 0) is 11.3 Å². The molecule has 0 saturated carbocycles. The quantitative estimate of drug-likeness (QED) is 0.212. The molecule has 0 amide bonds. The summed E-state index contributed by atoms with van der Waals surface area (Å²) in [5, 5.41) is 6.48. The van der Waals surface area contributed by atoms with Crippen molar-refractivity contribution >= 4 is 22.9 Å². The highest BCUT2D eigenvalue weighted by Gasteiger charge is 2.28.